The summed E-state index contributed by atoms with van der Waals surface area (Å²) in [5.41, 5.74) is 18.1. The van der Waals surface area contributed by atoms with Crippen molar-refractivity contribution in [2.75, 3.05) is 0 Å². The van der Waals surface area contributed by atoms with Crippen LogP contribution in [0.2, 0.25) is 0 Å². The molecule has 0 saturated carbocycles. The molecule has 63 heavy (non-hydrogen) atoms. The second-order valence-corrected chi connectivity index (χ2v) is 16.1. The van der Waals surface area contributed by atoms with Crippen molar-refractivity contribution in [1.82, 2.24) is 14.5 Å². The fraction of sp³-hybridized carbons (Fsp3) is 0. The summed E-state index contributed by atoms with van der Waals surface area (Å²) in [7, 11) is 0. The van der Waals surface area contributed by atoms with Gasteiger partial charge in [-0.3, -0.25) is 0 Å². The standard InChI is InChI=1S/C58H35N3O2/c1-3-12-36(13-4-1)37-24-26-38(27-25-37)44-19-10-23-53-55(44)57-58(63-53)56(59-35-60-57)46-20-11-22-52-54(46)48-34-42(29-31-51(48)62-52)40-15-9-14-39(32-40)41-28-30-50-47(33-41)45-18-7-8-21-49(45)61(50)43-16-5-2-6-17-43/h1-35H. The number of hydrogen-bond donors (Lipinski definition) is 0. The van der Waals surface area contributed by atoms with Gasteiger partial charge in [0.05, 0.1) is 16.4 Å². The van der Waals surface area contributed by atoms with Gasteiger partial charge in [-0.1, -0.05) is 146 Å². The van der Waals surface area contributed by atoms with E-state index < -0.39 is 0 Å². The van der Waals surface area contributed by atoms with Gasteiger partial charge in [-0.05, 0) is 105 Å². The highest BCUT2D eigenvalue weighted by Crippen LogP contribution is 2.44. The van der Waals surface area contributed by atoms with Gasteiger partial charge in [-0.2, -0.15) is 0 Å². The fourth-order valence-electron chi connectivity index (χ4n) is 9.61. The van der Waals surface area contributed by atoms with E-state index >= 15 is 0 Å². The molecule has 0 aliphatic rings. The maximum absolute atomic E-state index is 6.70. The first kappa shape index (κ1) is 35.2. The summed E-state index contributed by atoms with van der Waals surface area (Å²) in [5.74, 6) is 0. The Kier molecular flexibility index (Phi) is 7.84. The Morgan fingerprint density at radius 1 is 0.349 bits per heavy atom. The molecule has 0 amide bonds. The Morgan fingerprint density at radius 2 is 0.937 bits per heavy atom. The van der Waals surface area contributed by atoms with Gasteiger partial charge in [0.25, 0.3) is 0 Å². The van der Waals surface area contributed by atoms with Crippen molar-refractivity contribution >= 4 is 65.8 Å². The van der Waals surface area contributed by atoms with E-state index in [2.05, 4.69) is 180 Å². The second kappa shape index (κ2) is 14.0. The van der Waals surface area contributed by atoms with Crippen LogP contribution < -0.4 is 0 Å². The molecule has 0 fully saturated rings. The summed E-state index contributed by atoms with van der Waals surface area (Å²) < 4.78 is 15.6. The molecule has 5 nitrogen and oxygen atoms in total. The molecule has 0 spiro atoms. The van der Waals surface area contributed by atoms with Crippen molar-refractivity contribution in [3.8, 4) is 61.5 Å². The molecule has 294 valence electrons. The van der Waals surface area contributed by atoms with Crippen LogP contribution in [-0.4, -0.2) is 14.5 Å². The number of aromatic nitrogens is 3. The first-order valence-electron chi connectivity index (χ1n) is 21.2. The molecule has 0 aliphatic heterocycles. The van der Waals surface area contributed by atoms with Crippen molar-refractivity contribution in [2.24, 2.45) is 0 Å². The minimum Gasteiger partial charge on any atom is -0.456 e. The number of nitrogens with zero attached hydrogens (tertiary/aromatic N) is 3. The summed E-state index contributed by atoms with van der Waals surface area (Å²) in [6.45, 7) is 0. The molecule has 0 saturated heterocycles. The summed E-state index contributed by atoms with van der Waals surface area (Å²) in [5, 5.41) is 5.44. The van der Waals surface area contributed by atoms with E-state index in [1.807, 2.05) is 30.3 Å². The van der Waals surface area contributed by atoms with Crippen LogP contribution in [0.25, 0.3) is 127 Å². The van der Waals surface area contributed by atoms with Crippen LogP contribution in [0, 0.1) is 0 Å². The quantitative estimate of drug-likeness (QED) is 0.168. The molecule has 13 aromatic rings. The maximum Gasteiger partial charge on any atom is 0.180 e. The zero-order chi connectivity index (χ0) is 41.4. The molecule has 0 aliphatic carbocycles. The van der Waals surface area contributed by atoms with Crippen LogP contribution in [0.3, 0.4) is 0 Å². The topological polar surface area (TPSA) is 57.0 Å². The Balaban J connectivity index is 0.909. The Bertz CT molecular complexity index is 3900. The van der Waals surface area contributed by atoms with Crippen molar-refractivity contribution < 1.29 is 8.83 Å². The molecule has 4 heterocycles. The average molecular weight is 806 g/mol. The lowest BCUT2D eigenvalue weighted by Crippen LogP contribution is -1.92. The van der Waals surface area contributed by atoms with E-state index in [0.717, 1.165) is 83.2 Å². The summed E-state index contributed by atoms with van der Waals surface area (Å²) >= 11 is 0. The lowest BCUT2D eigenvalue weighted by molar-refractivity contribution is 0.667. The van der Waals surface area contributed by atoms with Crippen LogP contribution in [0.5, 0.6) is 0 Å². The summed E-state index contributed by atoms with van der Waals surface area (Å²) in [6, 6.07) is 72.9. The minimum atomic E-state index is 0.649. The summed E-state index contributed by atoms with van der Waals surface area (Å²) in [6.07, 6.45) is 1.65. The average Bonchev–Trinajstić information content (AvgIpc) is 4.04. The molecule has 4 aromatic heterocycles. The van der Waals surface area contributed by atoms with Crippen molar-refractivity contribution in [1.29, 1.82) is 0 Å². The minimum absolute atomic E-state index is 0.649. The molecule has 0 radical (unpaired) electrons. The van der Waals surface area contributed by atoms with E-state index in [0.29, 0.717) is 5.58 Å². The third kappa shape index (κ3) is 5.64. The van der Waals surface area contributed by atoms with Crippen molar-refractivity contribution in [3.63, 3.8) is 0 Å². The van der Waals surface area contributed by atoms with Crippen LogP contribution in [0.15, 0.2) is 221 Å². The van der Waals surface area contributed by atoms with E-state index in [1.165, 1.54) is 38.5 Å². The van der Waals surface area contributed by atoms with Crippen LogP contribution in [0.4, 0.5) is 0 Å². The van der Waals surface area contributed by atoms with Gasteiger partial charge in [-0.25, -0.2) is 9.97 Å². The van der Waals surface area contributed by atoms with Gasteiger partial charge in [0.1, 0.15) is 34.3 Å². The van der Waals surface area contributed by atoms with E-state index in [4.69, 9.17) is 18.8 Å². The Morgan fingerprint density at radius 3 is 1.75 bits per heavy atom. The smallest absolute Gasteiger partial charge is 0.180 e. The molecular weight excluding hydrogens is 771 g/mol. The number of rotatable bonds is 6. The highest BCUT2D eigenvalue weighted by molar-refractivity contribution is 6.18. The number of fused-ring (bicyclic) bond motifs is 9. The van der Waals surface area contributed by atoms with E-state index in [-0.39, 0.29) is 0 Å². The number of furan rings is 2. The van der Waals surface area contributed by atoms with E-state index in [1.54, 1.807) is 6.33 Å². The van der Waals surface area contributed by atoms with Crippen LogP contribution in [0.1, 0.15) is 0 Å². The lowest BCUT2D eigenvalue weighted by Gasteiger charge is -2.09. The van der Waals surface area contributed by atoms with Gasteiger partial charge in [0.2, 0.25) is 0 Å². The number of benzene rings is 9. The maximum atomic E-state index is 6.70. The first-order valence-corrected chi connectivity index (χ1v) is 21.2. The Hall–Kier alpha value is -8.54. The number of para-hydroxylation sites is 2. The number of hydrogen-bond acceptors (Lipinski definition) is 4. The van der Waals surface area contributed by atoms with Crippen LogP contribution >= 0.6 is 0 Å². The van der Waals surface area contributed by atoms with Gasteiger partial charge in [0.15, 0.2) is 5.58 Å². The molecule has 13 rings (SSSR count). The molecule has 9 aromatic carbocycles. The molecule has 0 N–H and O–H groups in total. The monoisotopic (exact) mass is 805 g/mol. The predicted octanol–water partition coefficient (Wildman–Crippen LogP) is 15.7. The third-order valence-electron chi connectivity index (χ3n) is 12.5. The zero-order valence-corrected chi connectivity index (χ0v) is 33.9. The molecule has 0 bridgehead atoms. The first-order chi connectivity index (χ1) is 31.2. The molecule has 0 unspecified atom stereocenters. The predicted molar refractivity (Wildman–Crippen MR) is 258 cm³/mol. The van der Waals surface area contributed by atoms with Gasteiger partial charge >= 0.3 is 0 Å². The highest BCUT2D eigenvalue weighted by atomic mass is 16.3. The van der Waals surface area contributed by atoms with Gasteiger partial charge < -0.3 is 13.4 Å². The zero-order valence-electron chi connectivity index (χ0n) is 33.9. The fourth-order valence-corrected chi connectivity index (χ4v) is 9.61. The van der Waals surface area contributed by atoms with E-state index in [9.17, 15) is 0 Å². The van der Waals surface area contributed by atoms with Gasteiger partial charge in [-0.15, -0.1) is 0 Å². The van der Waals surface area contributed by atoms with Crippen molar-refractivity contribution in [3.05, 3.63) is 213 Å². The van der Waals surface area contributed by atoms with Crippen molar-refractivity contribution in [2.45, 2.75) is 0 Å². The molecular formula is C58H35N3O2. The lowest BCUT2D eigenvalue weighted by atomic mass is 9.96. The van der Waals surface area contributed by atoms with Crippen LogP contribution in [-0.2, 0) is 0 Å². The SMILES string of the molecule is c1ccc(-c2ccc(-c3cccc4oc5c(-c6cccc7oc8ccc(-c9cccc(-c%10ccc%11c(c%10)c%10ccccc%10n%11-c%10ccccc%10)c9)cc8c67)ncnc5c34)cc2)cc1. The van der Waals surface area contributed by atoms with Gasteiger partial charge in [0, 0.05) is 32.8 Å². The molecule has 5 heteroatoms. The normalized spacial score (nSPS) is 11.8. The second-order valence-electron chi connectivity index (χ2n) is 16.1. The summed E-state index contributed by atoms with van der Waals surface area (Å²) in [4.78, 5) is 9.73. The molecule has 0 atom stereocenters. The largest absolute Gasteiger partial charge is 0.456 e. The Labute approximate surface area is 361 Å². The highest BCUT2D eigenvalue weighted by Gasteiger charge is 2.22. The third-order valence-corrected chi connectivity index (χ3v) is 12.5.